The summed E-state index contributed by atoms with van der Waals surface area (Å²) in [5, 5.41) is 11.9. The van der Waals surface area contributed by atoms with Gasteiger partial charge in [-0.1, -0.05) is 37.4 Å². The fraction of sp³-hybridized carbons (Fsp3) is 0.267. The molecule has 1 aromatic carbocycles. The lowest BCUT2D eigenvalue weighted by atomic mass is 10.0. The summed E-state index contributed by atoms with van der Waals surface area (Å²) in [5.74, 6) is -0.229. The number of carbonyl (C=O) groups excluding carboxylic acids is 1. The smallest absolute Gasteiger partial charge is 0.252 e. The summed E-state index contributed by atoms with van der Waals surface area (Å²) in [6.45, 7) is 10.8. The highest BCUT2D eigenvalue weighted by atomic mass is 16.3. The van der Waals surface area contributed by atoms with Crippen LogP contribution in [-0.2, 0) is 0 Å². The van der Waals surface area contributed by atoms with E-state index in [4.69, 9.17) is 5.11 Å². The Morgan fingerprint density at radius 1 is 1.39 bits per heavy atom. The first-order valence-corrected chi connectivity index (χ1v) is 5.76. The van der Waals surface area contributed by atoms with Crippen molar-refractivity contribution in [2.45, 2.75) is 19.4 Å². The van der Waals surface area contributed by atoms with Crippen LogP contribution < -0.4 is 5.32 Å². The van der Waals surface area contributed by atoms with Crippen LogP contribution in [0.1, 0.15) is 35.3 Å². The molecule has 18 heavy (non-hydrogen) atoms. The average molecular weight is 245 g/mol. The van der Waals surface area contributed by atoms with Gasteiger partial charge in [-0.2, -0.15) is 0 Å². The molecule has 0 saturated heterocycles. The normalized spacial score (nSPS) is 10.8. The van der Waals surface area contributed by atoms with Gasteiger partial charge in [0.15, 0.2) is 0 Å². The van der Waals surface area contributed by atoms with Crippen LogP contribution in [0.2, 0.25) is 0 Å². The first-order chi connectivity index (χ1) is 8.43. The van der Waals surface area contributed by atoms with Gasteiger partial charge >= 0.3 is 0 Å². The molecule has 3 nitrogen and oxygen atoms in total. The van der Waals surface area contributed by atoms with Gasteiger partial charge in [0.05, 0.1) is 12.1 Å². The summed E-state index contributed by atoms with van der Waals surface area (Å²) in [7, 11) is 0. The Hall–Kier alpha value is -1.87. The van der Waals surface area contributed by atoms with Gasteiger partial charge < -0.3 is 10.4 Å². The predicted octanol–water partition coefficient (Wildman–Crippen LogP) is 2.47. The molecule has 0 aliphatic carbocycles. The zero-order valence-corrected chi connectivity index (χ0v) is 10.9. The number of rotatable bonds is 5. The van der Waals surface area contributed by atoms with Crippen LogP contribution in [0.25, 0.3) is 12.2 Å². The first kappa shape index (κ1) is 14.2. The van der Waals surface area contributed by atoms with Crippen LogP contribution in [0.3, 0.4) is 0 Å². The molecule has 1 rings (SSSR count). The number of nitrogens with one attached hydrogen (secondary N) is 1. The van der Waals surface area contributed by atoms with Crippen molar-refractivity contribution >= 4 is 18.1 Å². The molecule has 0 bridgehead atoms. The van der Waals surface area contributed by atoms with Crippen molar-refractivity contribution in [3.63, 3.8) is 0 Å². The molecule has 1 aromatic rings. The van der Waals surface area contributed by atoms with Crippen LogP contribution in [0, 0.1) is 0 Å². The van der Waals surface area contributed by atoms with E-state index in [1.165, 1.54) is 0 Å². The van der Waals surface area contributed by atoms with E-state index in [0.29, 0.717) is 5.56 Å². The molecule has 2 N–H and O–H groups in total. The first-order valence-electron chi connectivity index (χ1n) is 5.76. The lowest BCUT2D eigenvalue weighted by Crippen LogP contribution is -2.46. The number of hydrogen-bond acceptors (Lipinski definition) is 2. The summed E-state index contributed by atoms with van der Waals surface area (Å²) >= 11 is 0. The fourth-order valence-electron chi connectivity index (χ4n) is 1.49. The third-order valence-electron chi connectivity index (χ3n) is 2.62. The Balaban J connectivity index is 3.10. The van der Waals surface area contributed by atoms with Crippen LogP contribution >= 0.6 is 0 Å². The van der Waals surface area contributed by atoms with E-state index < -0.39 is 5.54 Å². The number of benzene rings is 1. The molecule has 0 fully saturated rings. The highest BCUT2D eigenvalue weighted by molar-refractivity contribution is 5.98. The molecule has 0 heterocycles. The lowest BCUT2D eigenvalue weighted by molar-refractivity contribution is 0.0869. The van der Waals surface area contributed by atoms with E-state index in [0.717, 1.165) is 11.1 Å². The fourth-order valence-corrected chi connectivity index (χ4v) is 1.49. The van der Waals surface area contributed by atoms with E-state index in [2.05, 4.69) is 18.5 Å². The molecule has 0 aliphatic heterocycles. The quantitative estimate of drug-likeness (QED) is 0.837. The molecule has 0 unspecified atom stereocenters. The van der Waals surface area contributed by atoms with Gasteiger partial charge in [0.2, 0.25) is 0 Å². The minimum Gasteiger partial charge on any atom is -0.394 e. The SMILES string of the molecule is C=Cc1ccc(C=C)c(C(=O)NC(C)(C)CO)c1. The second kappa shape index (κ2) is 5.65. The predicted molar refractivity (Wildman–Crippen MR) is 75.3 cm³/mol. The van der Waals surface area contributed by atoms with Crippen molar-refractivity contribution in [2.75, 3.05) is 6.61 Å². The summed E-state index contributed by atoms with van der Waals surface area (Å²) < 4.78 is 0. The monoisotopic (exact) mass is 245 g/mol. The molecule has 0 spiro atoms. The minimum atomic E-state index is -0.653. The van der Waals surface area contributed by atoms with Crippen molar-refractivity contribution in [1.29, 1.82) is 0 Å². The van der Waals surface area contributed by atoms with Crippen molar-refractivity contribution < 1.29 is 9.90 Å². The van der Waals surface area contributed by atoms with E-state index in [-0.39, 0.29) is 12.5 Å². The van der Waals surface area contributed by atoms with Crippen molar-refractivity contribution in [3.8, 4) is 0 Å². The molecule has 3 heteroatoms. The molecule has 0 atom stereocenters. The van der Waals surface area contributed by atoms with Gasteiger partial charge in [0.25, 0.3) is 5.91 Å². The van der Waals surface area contributed by atoms with Crippen molar-refractivity contribution in [2.24, 2.45) is 0 Å². The average Bonchev–Trinajstić information content (AvgIpc) is 2.37. The van der Waals surface area contributed by atoms with Crippen LogP contribution in [0.15, 0.2) is 31.4 Å². The van der Waals surface area contributed by atoms with E-state index >= 15 is 0 Å². The Morgan fingerprint density at radius 3 is 2.56 bits per heavy atom. The van der Waals surface area contributed by atoms with Crippen LogP contribution in [0.5, 0.6) is 0 Å². The molecular weight excluding hydrogens is 226 g/mol. The Labute approximate surface area is 108 Å². The standard InChI is InChI=1S/C15H19NO2/c1-5-11-7-8-12(6-2)13(9-11)14(18)16-15(3,4)10-17/h5-9,17H,1-2,10H2,3-4H3,(H,16,18). The Kier molecular flexibility index (Phi) is 4.45. The topological polar surface area (TPSA) is 49.3 Å². The zero-order valence-electron chi connectivity index (χ0n) is 10.9. The van der Waals surface area contributed by atoms with Gasteiger partial charge in [0, 0.05) is 5.56 Å². The maximum atomic E-state index is 12.2. The lowest BCUT2D eigenvalue weighted by Gasteiger charge is -2.24. The molecule has 0 aromatic heterocycles. The summed E-state index contributed by atoms with van der Waals surface area (Å²) in [4.78, 5) is 12.2. The van der Waals surface area contributed by atoms with Gasteiger partial charge in [-0.3, -0.25) is 4.79 Å². The molecule has 1 amide bonds. The third-order valence-corrected chi connectivity index (χ3v) is 2.62. The third kappa shape index (κ3) is 3.31. The van der Waals surface area contributed by atoms with E-state index in [9.17, 15) is 4.79 Å². The minimum absolute atomic E-state index is 0.122. The Morgan fingerprint density at radius 2 is 2.06 bits per heavy atom. The maximum absolute atomic E-state index is 12.2. The van der Waals surface area contributed by atoms with Crippen LogP contribution in [0.4, 0.5) is 0 Å². The maximum Gasteiger partial charge on any atom is 0.252 e. The molecule has 96 valence electrons. The highest BCUT2D eigenvalue weighted by Gasteiger charge is 2.21. The summed E-state index contributed by atoms with van der Waals surface area (Å²) in [6.07, 6.45) is 3.31. The number of carbonyl (C=O) groups is 1. The van der Waals surface area contributed by atoms with E-state index in [1.807, 2.05) is 12.1 Å². The highest BCUT2D eigenvalue weighted by Crippen LogP contribution is 2.15. The van der Waals surface area contributed by atoms with Gasteiger partial charge in [-0.15, -0.1) is 0 Å². The summed E-state index contributed by atoms with van der Waals surface area (Å²) in [5.41, 5.74) is 1.50. The summed E-state index contributed by atoms with van der Waals surface area (Å²) in [6, 6.07) is 5.45. The van der Waals surface area contributed by atoms with Crippen molar-refractivity contribution in [3.05, 3.63) is 48.0 Å². The van der Waals surface area contributed by atoms with E-state index in [1.54, 1.807) is 32.1 Å². The molecule has 0 aliphatic rings. The van der Waals surface area contributed by atoms with Crippen molar-refractivity contribution in [1.82, 2.24) is 5.32 Å². The molecule has 0 saturated carbocycles. The largest absolute Gasteiger partial charge is 0.394 e. The second-order valence-electron chi connectivity index (χ2n) is 4.75. The number of amides is 1. The second-order valence-corrected chi connectivity index (χ2v) is 4.75. The number of aliphatic hydroxyl groups excluding tert-OH is 1. The van der Waals surface area contributed by atoms with Gasteiger partial charge in [-0.25, -0.2) is 0 Å². The molecule has 0 radical (unpaired) electrons. The number of hydrogen-bond donors (Lipinski definition) is 2. The number of aliphatic hydroxyl groups is 1. The van der Waals surface area contributed by atoms with Crippen LogP contribution in [-0.4, -0.2) is 23.2 Å². The van der Waals surface area contributed by atoms with Gasteiger partial charge in [0.1, 0.15) is 0 Å². The van der Waals surface area contributed by atoms with Gasteiger partial charge in [-0.05, 0) is 31.0 Å². The zero-order chi connectivity index (χ0) is 13.8. The Bertz CT molecular complexity index is 475. The molecular formula is C15H19NO2.